The highest BCUT2D eigenvalue weighted by atomic mass is 31.2. The smallest absolute Gasteiger partial charge is 0.309 e. The lowest BCUT2D eigenvalue weighted by atomic mass is 10.1. The van der Waals surface area contributed by atoms with Crippen molar-refractivity contribution < 1.29 is 13.6 Å². The molecule has 0 amide bonds. The van der Waals surface area contributed by atoms with Gasteiger partial charge in [0.1, 0.15) is 0 Å². The van der Waals surface area contributed by atoms with Gasteiger partial charge in [-0.2, -0.15) is 0 Å². The van der Waals surface area contributed by atoms with Gasteiger partial charge in [-0.25, -0.2) is 9.65 Å². The minimum Gasteiger partial charge on any atom is -0.309 e. The second-order valence-electron chi connectivity index (χ2n) is 14.1. The number of hydrogen-bond donors (Lipinski definition) is 1. The molecule has 0 fully saturated rings. The molecule has 0 aliphatic heterocycles. The first-order valence-corrected chi connectivity index (χ1v) is 22.2. The highest BCUT2D eigenvalue weighted by Gasteiger charge is 2.23. The monoisotopic (exact) mass is 683 g/mol. The van der Waals surface area contributed by atoms with Gasteiger partial charge in [0.15, 0.2) is 0 Å². The van der Waals surface area contributed by atoms with Crippen LogP contribution in [0.2, 0.25) is 0 Å². The molecule has 1 N–H and O–H groups in total. The molecule has 0 saturated heterocycles. The maximum atomic E-state index is 13.4. The van der Waals surface area contributed by atoms with Gasteiger partial charge in [0.25, 0.3) is 0 Å². The van der Waals surface area contributed by atoms with Crippen LogP contribution in [0.25, 0.3) is 0 Å². The minimum atomic E-state index is -3.24. The Kier molecular flexibility index (Phi) is 38.0. The zero-order chi connectivity index (χ0) is 34.4. The summed E-state index contributed by atoms with van der Waals surface area (Å²) >= 11 is 0. The average molecular weight is 683 g/mol. The molecule has 0 radical (unpaired) electrons. The fourth-order valence-electron chi connectivity index (χ4n) is 5.81. The average Bonchev–Trinajstić information content (AvgIpc) is 3.06. The Morgan fingerprint density at radius 2 is 0.787 bits per heavy atom. The van der Waals surface area contributed by atoms with Crippen LogP contribution >= 0.6 is 7.75 Å². The van der Waals surface area contributed by atoms with E-state index in [1.165, 1.54) is 154 Å². The number of hydrogen-bond acceptors (Lipinski definition) is 4. The van der Waals surface area contributed by atoms with Crippen LogP contribution in [0.3, 0.4) is 0 Å². The lowest BCUT2D eigenvalue weighted by Crippen LogP contribution is -2.21. The molecule has 280 valence electrons. The van der Waals surface area contributed by atoms with E-state index in [1.807, 2.05) is 0 Å². The van der Waals surface area contributed by atoms with Crippen LogP contribution in [-0.2, 0) is 13.6 Å². The molecular formula is C41H83N2O3P. The fraction of sp³-hybridized carbons (Fsp3) is 0.902. The van der Waals surface area contributed by atoms with Crippen LogP contribution in [0.1, 0.15) is 200 Å². The number of unbranched alkanes of at least 4 members (excludes halogenated alkanes) is 24. The first-order chi connectivity index (χ1) is 23.0. The highest BCUT2D eigenvalue weighted by Crippen LogP contribution is 2.44. The summed E-state index contributed by atoms with van der Waals surface area (Å²) in [6.07, 6.45) is 46.3. The van der Waals surface area contributed by atoms with Crippen molar-refractivity contribution in [3.8, 4) is 0 Å². The predicted molar refractivity (Wildman–Crippen MR) is 210 cm³/mol. The van der Waals surface area contributed by atoms with E-state index in [9.17, 15) is 4.57 Å². The summed E-state index contributed by atoms with van der Waals surface area (Å²) in [7, 11) is 0.885. The minimum absolute atomic E-state index is 0.506. The first-order valence-electron chi connectivity index (χ1n) is 20.6. The van der Waals surface area contributed by atoms with Crippen molar-refractivity contribution in [3.63, 3.8) is 0 Å². The van der Waals surface area contributed by atoms with Gasteiger partial charge in [0, 0.05) is 6.54 Å². The van der Waals surface area contributed by atoms with Gasteiger partial charge >= 0.3 is 7.75 Å². The van der Waals surface area contributed by atoms with E-state index in [1.54, 1.807) is 0 Å². The molecule has 0 bridgehead atoms. The van der Waals surface area contributed by atoms with Crippen LogP contribution in [0.5, 0.6) is 0 Å². The van der Waals surface area contributed by atoms with Gasteiger partial charge in [-0.3, -0.25) is 9.05 Å². The van der Waals surface area contributed by atoms with E-state index in [2.05, 4.69) is 62.2 Å². The molecule has 0 aliphatic rings. The van der Waals surface area contributed by atoms with E-state index in [0.29, 0.717) is 19.8 Å². The summed E-state index contributed by atoms with van der Waals surface area (Å²) < 4.78 is 25.2. The van der Waals surface area contributed by atoms with Gasteiger partial charge in [0.2, 0.25) is 0 Å². The van der Waals surface area contributed by atoms with E-state index >= 15 is 0 Å². The molecule has 0 atom stereocenters. The summed E-state index contributed by atoms with van der Waals surface area (Å²) in [6.45, 7) is 7.18. The second-order valence-corrected chi connectivity index (χ2v) is 15.9. The molecule has 0 unspecified atom stereocenters. The van der Waals surface area contributed by atoms with Gasteiger partial charge in [-0.05, 0) is 91.3 Å². The van der Waals surface area contributed by atoms with Crippen molar-refractivity contribution in [1.29, 1.82) is 0 Å². The Morgan fingerprint density at radius 1 is 0.468 bits per heavy atom. The summed E-state index contributed by atoms with van der Waals surface area (Å²) in [5.74, 6) is 0. The lowest BCUT2D eigenvalue weighted by Gasteiger charge is -2.20. The van der Waals surface area contributed by atoms with E-state index in [-0.39, 0.29) is 0 Å². The summed E-state index contributed by atoms with van der Waals surface area (Å²) in [4.78, 5) is 2.15. The van der Waals surface area contributed by atoms with Crippen LogP contribution in [0, 0.1) is 0 Å². The third-order valence-electron chi connectivity index (χ3n) is 8.92. The maximum Gasteiger partial charge on any atom is 0.405 e. The zero-order valence-electron chi connectivity index (χ0n) is 32.3. The van der Waals surface area contributed by atoms with E-state index < -0.39 is 7.75 Å². The lowest BCUT2D eigenvalue weighted by molar-refractivity contribution is 0.189. The molecule has 5 nitrogen and oxygen atoms in total. The molecule has 0 heterocycles. The fourth-order valence-corrected chi connectivity index (χ4v) is 7.24. The van der Waals surface area contributed by atoms with Crippen LogP contribution in [-0.4, -0.2) is 45.3 Å². The molecule has 0 aromatic carbocycles. The summed E-state index contributed by atoms with van der Waals surface area (Å²) in [5.41, 5.74) is 0. The molecule has 0 rings (SSSR count). The van der Waals surface area contributed by atoms with Crippen LogP contribution in [0.15, 0.2) is 24.3 Å². The Bertz CT molecular complexity index is 665. The van der Waals surface area contributed by atoms with Crippen molar-refractivity contribution in [2.45, 2.75) is 200 Å². The van der Waals surface area contributed by atoms with Crippen molar-refractivity contribution in [3.05, 3.63) is 24.3 Å². The summed E-state index contributed by atoms with van der Waals surface area (Å²) in [5, 5.41) is 3.13. The largest absolute Gasteiger partial charge is 0.405 e. The normalized spacial score (nSPS) is 12.4. The quantitative estimate of drug-likeness (QED) is 0.0397. The zero-order valence-corrected chi connectivity index (χ0v) is 33.2. The van der Waals surface area contributed by atoms with Crippen LogP contribution in [0.4, 0.5) is 0 Å². The molecule has 0 spiro atoms. The Hall–Kier alpha value is -0.450. The van der Waals surface area contributed by atoms with Crippen molar-refractivity contribution in [2.75, 3.05) is 40.4 Å². The molecule has 0 aromatic rings. The molecule has 0 aliphatic carbocycles. The summed E-state index contributed by atoms with van der Waals surface area (Å²) in [6, 6.07) is 0. The first kappa shape index (κ1) is 46.5. The molecule has 0 aromatic heterocycles. The third-order valence-corrected chi connectivity index (χ3v) is 10.6. The van der Waals surface area contributed by atoms with Gasteiger partial charge in [-0.1, -0.05) is 154 Å². The Morgan fingerprint density at radius 3 is 1.13 bits per heavy atom. The maximum absolute atomic E-state index is 13.4. The molecule has 6 heteroatoms. The molecule has 47 heavy (non-hydrogen) atoms. The number of allylic oxidation sites excluding steroid dienone is 4. The van der Waals surface area contributed by atoms with Crippen LogP contribution < -0.4 is 5.09 Å². The van der Waals surface area contributed by atoms with Gasteiger partial charge in [0.05, 0.1) is 13.2 Å². The Balaban J connectivity index is 3.89. The molecular weight excluding hydrogens is 599 g/mol. The number of rotatable bonds is 39. The van der Waals surface area contributed by atoms with E-state index in [0.717, 1.165) is 38.6 Å². The standard InChI is InChI=1S/C41H83N2O3P/c1-5-7-9-11-13-15-17-19-21-23-25-27-29-31-33-35-40-45-47(44,42-38-37-39-43(3)4)46-41-36-34-32-30-28-26-24-22-20-18-16-14-12-10-8-6-2/h19-22H,5-18,23-41H2,1-4H3,(H,42,44)/b21-19-,22-20-. The van der Waals surface area contributed by atoms with Gasteiger partial charge in [-0.15, -0.1) is 0 Å². The number of nitrogens with zero attached hydrogens (tertiary/aromatic N) is 1. The van der Waals surface area contributed by atoms with Gasteiger partial charge < -0.3 is 4.90 Å². The second kappa shape index (κ2) is 38.4. The third kappa shape index (κ3) is 38.2. The highest BCUT2D eigenvalue weighted by molar-refractivity contribution is 7.51. The Labute approximate surface area is 295 Å². The predicted octanol–water partition coefficient (Wildman–Crippen LogP) is 13.7. The van der Waals surface area contributed by atoms with Crippen molar-refractivity contribution in [2.24, 2.45) is 0 Å². The number of nitrogens with one attached hydrogen (secondary N) is 1. The molecule has 0 saturated carbocycles. The SMILES string of the molecule is CCCCCCCC/C=C\CCCCCCCCOP(=O)(NCCCN(C)C)OCCCCCCCC/C=C\CCCCCCCC. The topological polar surface area (TPSA) is 50.8 Å². The van der Waals surface area contributed by atoms with Crippen molar-refractivity contribution >= 4 is 7.75 Å². The van der Waals surface area contributed by atoms with Crippen molar-refractivity contribution in [1.82, 2.24) is 9.99 Å². The van der Waals surface area contributed by atoms with E-state index in [4.69, 9.17) is 9.05 Å².